The van der Waals surface area contributed by atoms with Gasteiger partial charge in [-0.25, -0.2) is 0 Å². The molecule has 0 amide bonds. The molecule has 1 aromatic rings. The summed E-state index contributed by atoms with van der Waals surface area (Å²) in [6.07, 6.45) is -1.41. The predicted molar refractivity (Wildman–Crippen MR) is 116 cm³/mol. The van der Waals surface area contributed by atoms with Crippen LogP contribution in [-0.4, -0.2) is 52.7 Å². The highest BCUT2D eigenvalue weighted by molar-refractivity contribution is 5.77. The first kappa shape index (κ1) is 24.6. The molecule has 31 heavy (non-hydrogen) atoms. The minimum Gasteiger partial charge on any atom is -0.458 e. The largest absolute Gasteiger partial charge is 0.458 e. The minimum atomic E-state index is -0.849. The zero-order chi connectivity index (χ0) is 23.5. The number of carbonyl (C=O) groups excluding carboxylic acids is 2. The van der Waals surface area contributed by atoms with Crippen molar-refractivity contribution in [1.29, 1.82) is 0 Å². The number of hydrogen-bond acceptors (Lipinski definition) is 10. The number of hydrogen-bond donors (Lipinski definition) is 5. The number of rotatable bonds is 8. The molecule has 1 aromatic heterocycles. The fraction of sp³-hybridized carbons (Fsp3) is 0.700. The molecule has 8 N–H and O–H groups in total. The van der Waals surface area contributed by atoms with Gasteiger partial charge in [-0.15, -0.1) is 0 Å². The van der Waals surface area contributed by atoms with Crippen LogP contribution < -0.4 is 28.1 Å². The summed E-state index contributed by atoms with van der Waals surface area (Å²) in [5, 5.41) is 3.05. The smallest absolute Gasteiger partial charge is 0.323 e. The zero-order valence-electron chi connectivity index (χ0n) is 18.7. The monoisotopic (exact) mass is 438 g/mol. The third-order valence-electron chi connectivity index (χ3n) is 5.49. The third-order valence-corrected chi connectivity index (χ3v) is 5.49. The molecule has 5 atom stereocenters. The lowest BCUT2D eigenvalue weighted by atomic mass is 9.89. The number of anilines is 2. The number of nitrogens with two attached hydrogens (primary N) is 3. The molecule has 11 nitrogen and oxygen atoms in total. The Labute approximate surface area is 181 Å². The second-order valence-corrected chi connectivity index (χ2v) is 8.71. The normalized spacial score (nSPS) is 19.7. The highest BCUT2D eigenvalue weighted by Crippen LogP contribution is 2.27. The van der Waals surface area contributed by atoms with Crippen molar-refractivity contribution in [2.24, 2.45) is 29.2 Å². The number of fused-ring (bicyclic) bond motifs is 1. The van der Waals surface area contributed by atoms with Crippen molar-refractivity contribution in [1.82, 2.24) is 9.97 Å². The van der Waals surface area contributed by atoms with Gasteiger partial charge in [0.2, 0.25) is 5.95 Å². The quantitative estimate of drug-likeness (QED) is 0.338. The van der Waals surface area contributed by atoms with Gasteiger partial charge >= 0.3 is 11.9 Å². The Morgan fingerprint density at radius 3 is 2.13 bits per heavy atom. The van der Waals surface area contributed by atoms with E-state index in [1.165, 1.54) is 0 Å². The number of aromatic amines is 1. The molecule has 0 unspecified atom stereocenters. The van der Waals surface area contributed by atoms with E-state index in [0.29, 0.717) is 17.9 Å². The summed E-state index contributed by atoms with van der Waals surface area (Å²) >= 11 is 0. The molecule has 2 rings (SSSR count). The van der Waals surface area contributed by atoms with E-state index in [1.807, 2.05) is 13.8 Å². The fourth-order valence-electron chi connectivity index (χ4n) is 3.31. The molecule has 174 valence electrons. The molecule has 1 aliphatic heterocycles. The number of nitrogens with zero attached hydrogens (tertiary/aromatic N) is 1. The van der Waals surface area contributed by atoms with E-state index in [4.69, 9.17) is 26.7 Å². The van der Waals surface area contributed by atoms with Gasteiger partial charge < -0.3 is 32.0 Å². The van der Waals surface area contributed by atoms with Crippen LogP contribution in [0, 0.1) is 17.8 Å². The molecule has 0 saturated heterocycles. The molecular weight excluding hydrogens is 404 g/mol. The lowest BCUT2D eigenvalue weighted by molar-refractivity contribution is -0.173. The van der Waals surface area contributed by atoms with E-state index < -0.39 is 36.2 Å². The summed E-state index contributed by atoms with van der Waals surface area (Å²) < 4.78 is 11.3. The van der Waals surface area contributed by atoms with Crippen molar-refractivity contribution >= 4 is 23.7 Å². The third kappa shape index (κ3) is 5.95. The molecule has 0 spiro atoms. The van der Waals surface area contributed by atoms with Gasteiger partial charge in [0.05, 0.1) is 5.56 Å². The molecule has 0 radical (unpaired) electrons. The zero-order valence-corrected chi connectivity index (χ0v) is 18.7. The molecule has 1 aliphatic rings. The summed E-state index contributed by atoms with van der Waals surface area (Å²) in [4.78, 5) is 43.9. The highest BCUT2D eigenvalue weighted by atomic mass is 16.6. The minimum absolute atomic E-state index is 0.00514. The summed E-state index contributed by atoms with van der Waals surface area (Å²) in [7, 11) is 0. The van der Waals surface area contributed by atoms with E-state index >= 15 is 0 Å². The number of nitrogen functional groups attached to an aromatic ring is 1. The Bertz CT molecular complexity index is 855. The first-order valence-corrected chi connectivity index (χ1v) is 10.5. The van der Waals surface area contributed by atoms with Gasteiger partial charge in [-0.1, -0.05) is 27.7 Å². The Morgan fingerprint density at radius 1 is 1.03 bits per heavy atom. The number of H-pyrrole nitrogens is 1. The van der Waals surface area contributed by atoms with Crippen LogP contribution in [0.2, 0.25) is 0 Å². The van der Waals surface area contributed by atoms with Crippen LogP contribution in [0.5, 0.6) is 0 Å². The first-order valence-electron chi connectivity index (χ1n) is 10.5. The average molecular weight is 439 g/mol. The highest BCUT2D eigenvalue weighted by Gasteiger charge is 2.38. The maximum atomic E-state index is 12.6. The van der Waals surface area contributed by atoms with E-state index in [1.54, 1.807) is 20.8 Å². The van der Waals surface area contributed by atoms with Gasteiger partial charge in [-0.05, 0) is 25.2 Å². The van der Waals surface area contributed by atoms with E-state index in [0.717, 1.165) is 0 Å². The lowest BCUT2D eigenvalue weighted by Crippen LogP contribution is -2.49. The van der Waals surface area contributed by atoms with Gasteiger partial charge in [0, 0.05) is 12.5 Å². The van der Waals surface area contributed by atoms with Crippen molar-refractivity contribution < 1.29 is 19.1 Å². The van der Waals surface area contributed by atoms with E-state index in [-0.39, 0.29) is 35.7 Å². The van der Waals surface area contributed by atoms with Crippen LogP contribution in [0.15, 0.2) is 4.79 Å². The second kappa shape index (κ2) is 10.1. The van der Waals surface area contributed by atoms with Crippen molar-refractivity contribution in [3.63, 3.8) is 0 Å². The molecule has 0 aliphatic carbocycles. The number of carbonyl (C=O) groups is 2. The van der Waals surface area contributed by atoms with Crippen molar-refractivity contribution in [2.45, 2.75) is 65.3 Å². The Morgan fingerprint density at radius 2 is 1.58 bits per heavy atom. The molecule has 0 aromatic carbocycles. The lowest BCUT2D eigenvalue weighted by Gasteiger charge is -2.35. The Hall–Kier alpha value is -2.66. The van der Waals surface area contributed by atoms with Crippen LogP contribution in [0.4, 0.5) is 11.8 Å². The molecule has 2 heterocycles. The van der Waals surface area contributed by atoms with Gasteiger partial charge in [-0.2, -0.15) is 4.98 Å². The maximum absolute atomic E-state index is 12.6. The predicted octanol–water partition coefficient (Wildman–Crippen LogP) is -0.254. The summed E-state index contributed by atoms with van der Waals surface area (Å²) in [5.74, 6) is -1.44. The molecule has 11 heteroatoms. The summed E-state index contributed by atoms with van der Waals surface area (Å²) in [6, 6.07) is -1.64. The van der Waals surface area contributed by atoms with Gasteiger partial charge in [0.25, 0.3) is 5.56 Å². The van der Waals surface area contributed by atoms with Crippen molar-refractivity contribution in [3.8, 4) is 0 Å². The van der Waals surface area contributed by atoms with Crippen LogP contribution in [0.3, 0.4) is 0 Å². The fourth-order valence-corrected chi connectivity index (χ4v) is 3.31. The Balaban J connectivity index is 2.28. The first-order chi connectivity index (χ1) is 14.4. The SMILES string of the molecule is CC(C)[C@H](N)C(=O)O[C@H]([C@H]1CNc2nc(N)[nH]c(=O)c2C1)[C@H](C)OC(=O)[C@@H](N)C(C)C. The van der Waals surface area contributed by atoms with Gasteiger partial charge in [0.1, 0.15) is 30.1 Å². The average Bonchev–Trinajstić information content (AvgIpc) is 2.69. The van der Waals surface area contributed by atoms with Gasteiger partial charge in [-0.3, -0.25) is 19.4 Å². The summed E-state index contributed by atoms with van der Waals surface area (Å²) in [6.45, 7) is 9.19. The number of ether oxygens (including phenoxy) is 2. The Kier molecular flexibility index (Phi) is 8.02. The van der Waals surface area contributed by atoms with Crippen LogP contribution >= 0.6 is 0 Å². The maximum Gasteiger partial charge on any atom is 0.323 e. The van der Waals surface area contributed by atoms with E-state index in [2.05, 4.69) is 15.3 Å². The standard InChI is InChI=1S/C20H34N6O5/c1-8(2)13(21)18(28)30-10(5)15(31-19(29)14(22)9(3)4)11-6-12-16(24-7-11)25-20(23)26-17(12)27/h8-11,13-15H,6-7,21-22H2,1-5H3,(H4,23,24,25,26,27)/t10-,11+,13-,14-,15-/m0/s1. The van der Waals surface area contributed by atoms with Crippen LogP contribution in [0.1, 0.15) is 40.2 Å². The van der Waals surface area contributed by atoms with Gasteiger partial charge in [0.15, 0.2) is 0 Å². The second-order valence-electron chi connectivity index (χ2n) is 8.71. The van der Waals surface area contributed by atoms with Crippen LogP contribution in [-0.2, 0) is 25.5 Å². The number of nitrogens with one attached hydrogen (secondary N) is 2. The topological polar surface area (TPSA) is 188 Å². The molecule has 0 saturated carbocycles. The number of aromatic nitrogens is 2. The van der Waals surface area contributed by atoms with Crippen molar-refractivity contribution in [3.05, 3.63) is 15.9 Å². The van der Waals surface area contributed by atoms with E-state index in [9.17, 15) is 14.4 Å². The van der Waals surface area contributed by atoms with Crippen LogP contribution in [0.25, 0.3) is 0 Å². The van der Waals surface area contributed by atoms with Crippen molar-refractivity contribution in [2.75, 3.05) is 17.6 Å². The summed E-state index contributed by atoms with van der Waals surface area (Å²) in [5.41, 5.74) is 17.4. The number of esters is 2. The molecular formula is C20H34N6O5. The molecule has 0 bridgehead atoms. The molecule has 0 fully saturated rings.